The van der Waals surface area contributed by atoms with Crippen LogP contribution in [0.1, 0.15) is 52.5 Å². The van der Waals surface area contributed by atoms with Crippen molar-refractivity contribution in [3.8, 4) is 16.9 Å². The highest BCUT2D eigenvalue weighted by Gasteiger charge is 2.54. The minimum absolute atomic E-state index is 0.0714. The Balaban J connectivity index is 1.34. The molecule has 2 aromatic heterocycles. The van der Waals surface area contributed by atoms with Crippen LogP contribution in [0, 0.1) is 5.82 Å². The van der Waals surface area contributed by atoms with Gasteiger partial charge in [0.25, 0.3) is 5.56 Å². The normalized spacial score (nSPS) is 18.6. The van der Waals surface area contributed by atoms with Gasteiger partial charge in [-0.2, -0.15) is 5.10 Å². The van der Waals surface area contributed by atoms with Crippen LogP contribution in [0.5, 0.6) is 5.75 Å². The molecule has 0 N–H and O–H groups in total. The Labute approximate surface area is 225 Å². The van der Waals surface area contributed by atoms with E-state index < -0.39 is 11.4 Å². The molecule has 1 saturated carbocycles. The number of piperidine rings is 1. The number of nitrogens with zero attached hydrogens (tertiary/aromatic N) is 4. The summed E-state index contributed by atoms with van der Waals surface area (Å²) in [6, 6.07) is 8.69. The van der Waals surface area contributed by atoms with Crippen molar-refractivity contribution in [3.63, 3.8) is 0 Å². The van der Waals surface area contributed by atoms with E-state index in [2.05, 4.69) is 5.10 Å². The smallest absolute Gasteiger partial charge is 0.410 e. The van der Waals surface area contributed by atoms with Gasteiger partial charge in [0, 0.05) is 54.6 Å². The average Bonchev–Trinajstić information content (AvgIpc) is 3.51. The number of pyridine rings is 1. The zero-order valence-corrected chi connectivity index (χ0v) is 23.0. The molecule has 1 aliphatic heterocycles. The van der Waals surface area contributed by atoms with E-state index in [1.165, 1.54) is 6.07 Å². The number of methoxy groups -OCH3 is 1. The zero-order chi connectivity index (χ0) is 27.7. The third-order valence-electron chi connectivity index (χ3n) is 7.94. The van der Waals surface area contributed by atoms with Gasteiger partial charge in [-0.15, -0.1) is 0 Å². The van der Waals surface area contributed by atoms with Crippen molar-refractivity contribution in [1.29, 1.82) is 0 Å². The summed E-state index contributed by atoms with van der Waals surface area (Å²) in [5.74, 6) is 0.0160. The molecule has 3 heterocycles. The summed E-state index contributed by atoms with van der Waals surface area (Å²) in [4.78, 5) is 28.3. The molecule has 1 amide bonds. The molecule has 2 aromatic carbocycles. The minimum Gasteiger partial charge on any atom is -0.496 e. The highest BCUT2D eigenvalue weighted by molar-refractivity contribution is 5.92. The lowest BCUT2D eigenvalue weighted by Gasteiger charge is -2.41. The lowest BCUT2D eigenvalue weighted by Crippen LogP contribution is -2.50. The van der Waals surface area contributed by atoms with Crippen molar-refractivity contribution >= 4 is 27.8 Å². The molecule has 6 rings (SSSR count). The number of hydrogen-bond acceptors (Lipinski definition) is 5. The Bertz CT molecular complexity index is 1680. The number of aromatic nitrogens is 3. The van der Waals surface area contributed by atoms with Crippen molar-refractivity contribution in [2.75, 3.05) is 13.7 Å². The number of likely N-dealkylation sites (tertiary alicyclic amines) is 1. The molecule has 4 aromatic rings. The first kappa shape index (κ1) is 25.4. The van der Waals surface area contributed by atoms with Gasteiger partial charge in [-0.25, -0.2) is 9.18 Å². The molecule has 204 valence electrons. The van der Waals surface area contributed by atoms with Crippen molar-refractivity contribution in [2.24, 2.45) is 7.05 Å². The summed E-state index contributed by atoms with van der Waals surface area (Å²) in [5.41, 5.74) is 0.939. The summed E-state index contributed by atoms with van der Waals surface area (Å²) in [5, 5.41) is 5.94. The number of carbonyl (C=O) groups excluding carboxylic acids is 1. The summed E-state index contributed by atoms with van der Waals surface area (Å²) in [7, 11) is 3.42. The lowest BCUT2D eigenvalue weighted by molar-refractivity contribution is 0.000497. The van der Waals surface area contributed by atoms with E-state index in [0.717, 1.165) is 29.3 Å². The Morgan fingerprint density at radius 1 is 1.15 bits per heavy atom. The minimum atomic E-state index is -0.567. The predicted molar refractivity (Wildman–Crippen MR) is 148 cm³/mol. The maximum Gasteiger partial charge on any atom is 0.410 e. The van der Waals surface area contributed by atoms with E-state index in [4.69, 9.17) is 9.47 Å². The third kappa shape index (κ3) is 4.43. The van der Waals surface area contributed by atoms with Crippen molar-refractivity contribution < 1.29 is 18.7 Å². The molecule has 2 aliphatic rings. The van der Waals surface area contributed by atoms with Gasteiger partial charge >= 0.3 is 6.09 Å². The fraction of sp³-hybridized carbons (Fsp3) is 0.433. The molecule has 1 aliphatic carbocycles. The molecule has 1 unspecified atom stereocenters. The van der Waals surface area contributed by atoms with Crippen LogP contribution in [0.25, 0.3) is 32.8 Å². The van der Waals surface area contributed by atoms with Gasteiger partial charge in [-0.1, -0.05) is 0 Å². The standard InChI is InChI=1S/C30H33FN4O4/c1-29(2,3)39-28(37)35-11-7-21(16-30(35)8-9-30)34-10-6-18-12-19(14-23(31)26(18)27(34)36)22-13-20-17-33(4)32-24(20)15-25(22)38-5/h6,10,12-15,17,21H,7-9,11,16H2,1-5H3. The molecule has 39 heavy (non-hydrogen) atoms. The first-order chi connectivity index (χ1) is 18.5. The summed E-state index contributed by atoms with van der Waals surface area (Å²) < 4.78 is 30.2. The van der Waals surface area contributed by atoms with Crippen LogP contribution < -0.4 is 10.3 Å². The van der Waals surface area contributed by atoms with Gasteiger partial charge in [-0.05, 0) is 81.7 Å². The van der Waals surface area contributed by atoms with Gasteiger partial charge in [0.2, 0.25) is 0 Å². The zero-order valence-electron chi connectivity index (χ0n) is 23.0. The second kappa shape index (κ2) is 8.83. The Morgan fingerprint density at radius 3 is 2.62 bits per heavy atom. The van der Waals surface area contributed by atoms with Crippen molar-refractivity contribution in [3.05, 3.63) is 58.9 Å². The molecule has 1 saturated heterocycles. The van der Waals surface area contributed by atoms with Crippen LogP contribution in [0.3, 0.4) is 0 Å². The summed E-state index contributed by atoms with van der Waals surface area (Å²) >= 11 is 0. The number of ether oxygens (including phenoxy) is 2. The average molecular weight is 533 g/mol. The van der Waals surface area contributed by atoms with Crippen LogP contribution in [0.2, 0.25) is 0 Å². The predicted octanol–water partition coefficient (Wildman–Crippen LogP) is 5.81. The van der Waals surface area contributed by atoms with Gasteiger partial charge in [0.15, 0.2) is 0 Å². The first-order valence-corrected chi connectivity index (χ1v) is 13.3. The molecular formula is C30H33FN4O4. The SMILES string of the molecule is COc1cc2nn(C)cc2cc1-c1cc(F)c2c(=O)n(C3CCN(C(=O)OC(C)(C)C)C4(CC4)C3)ccc2c1. The highest BCUT2D eigenvalue weighted by atomic mass is 19.1. The maximum atomic E-state index is 15.6. The van der Waals surface area contributed by atoms with Gasteiger partial charge in [0.05, 0.1) is 18.0 Å². The fourth-order valence-corrected chi connectivity index (χ4v) is 5.98. The number of hydrogen-bond donors (Lipinski definition) is 0. The molecule has 1 spiro atoms. The number of amides is 1. The fourth-order valence-electron chi connectivity index (χ4n) is 5.98. The van der Waals surface area contributed by atoms with Crippen LogP contribution in [0.4, 0.5) is 9.18 Å². The van der Waals surface area contributed by atoms with E-state index >= 15 is 4.39 Å². The largest absolute Gasteiger partial charge is 0.496 e. The van der Waals surface area contributed by atoms with Crippen molar-refractivity contribution in [1.82, 2.24) is 19.2 Å². The van der Waals surface area contributed by atoms with E-state index in [0.29, 0.717) is 36.1 Å². The van der Waals surface area contributed by atoms with Crippen molar-refractivity contribution in [2.45, 2.75) is 63.6 Å². The van der Waals surface area contributed by atoms with E-state index in [1.54, 1.807) is 28.6 Å². The van der Waals surface area contributed by atoms with Gasteiger partial charge < -0.3 is 18.9 Å². The van der Waals surface area contributed by atoms with Crippen LogP contribution in [0.15, 0.2) is 47.5 Å². The van der Waals surface area contributed by atoms with E-state index in [9.17, 15) is 9.59 Å². The summed E-state index contributed by atoms with van der Waals surface area (Å²) in [6.07, 6.45) is 6.38. The lowest BCUT2D eigenvalue weighted by atomic mass is 9.94. The molecule has 0 radical (unpaired) electrons. The number of aryl methyl sites for hydroxylation is 1. The number of fused-ring (bicyclic) bond motifs is 2. The summed E-state index contributed by atoms with van der Waals surface area (Å²) in [6.45, 7) is 6.08. The Kier molecular flexibility index (Phi) is 5.75. The monoisotopic (exact) mass is 532 g/mol. The molecule has 1 atom stereocenters. The van der Waals surface area contributed by atoms with Crippen LogP contribution in [-0.2, 0) is 11.8 Å². The quantitative estimate of drug-likeness (QED) is 0.333. The van der Waals surface area contributed by atoms with Gasteiger partial charge in [0.1, 0.15) is 17.2 Å². The Morgan fingerprint density at radius 2 is 1.92 bits per heavy atom. The molecule has 8 nitrogen and oxygen atoms in total. The first-order valence-electron chi connectivity index (χ1n) is 13.3. The number of rotatable bonds is 3. The third-order valence-corrected chi connectivity index (χ3v) is 7.94. The number of halogens is 1. The van der Waals surface area contributed by atoms with Crippen LogP contribution in [-0.4, -0.2) is 50.1 Å². The maximum absolute atomic E-state index is 15.6. The van der Waals surface area contributed by atoms with Gasteiger partial charge in [-0.3, -0.25) is 9.48 Å². The Hall–Kier alpha value is -3.88. The van der Waals surface area contributed by atoms with E-state index in [1.807, 2.05) is 57.1 Å². The molecule has 2 fully saturated rings. The topological polar surface area (TPSA) is 78.6 Å². The van der Waals surface area contributed by atoms with E-state index in [-0.39, 0.29) is 28.6 Å². The second-order valence-electron chi connectivity index (χ2n) is 11.9. The number of carbonyl (C=O) groups is 1. The molecule has 0 bridgehead atoms. The number of benzene rings is 2. The second-order valence-corrected chi connectivity index (χ2v) is 11.9. The van der Waals surface area contributed by atoms with Crippen LogP contribution >= 0.6 is 0 Å². The molecule has 9 heteroatoms. The highest BCUT2D eigenvalue weighted by Crippen LogP contribution is 2.51. The molecular weight excluding hydrogens is 499 g/mol.